The Labute approximate surface area is 354 Å². The molecule has 0 saturated carbocycles. The summed E-state index contributed by atoms with van der Waals surface area (Å²) in [5.41, 5.74) is 1.52. The number of hydrogen-bond donors (Lipinski definition) is 5. The number of piperidine rings is 1. The van der Waals surface area contributed by atoms with Gasteiger partial charge in [0.1, 0.15) is 22.1 Å². The Morgan fingerprint density at radius 2 is 1.64 bits per heavy atom. The van der Waals surface area contributed by atoms with Gasteiger partial charge in [0.15, 0.2) is 6.10 Å². The van der Waals surface area contributed by atoms with Gasteiger partial charge in [-0.1, -0.05) is 90.8 Å². The highest BCUT2D eigenvalue weighted by molar-refractivity contribution is 7.09. The highest BCUT2D eigenvalue weighted by atomic mass is 32.1. The van der Waals surface area contributed by atoms with Crippen LogP contribution in [0.2, 0.25) is 0 Å². The van der Waals surface area contributed by atoms with E-state index in [1.165, 1.54) is 80.8 Å². The molecule has 4 atom stereocenters. The maximum Gasteiger partial charge on any atom is 0.306 e. The average molecular weight is 839 g/mol. The summed E-state index contributed by atoms with van der Waals surface area (Å²) < 4.78 is 6.01. The van der Waals surface area contributed by atoms with E-state index in [0.717, 1.165) is 5.56 Å². The summed E-state index contributed by atoms with van der Waals surface area (Å²) in [4.78, 5) is 63.9. The number of unbranched alkanes of at least 4 members (excludes halogenated alkanes) is 1. The molecule has 2 aromatic carbocycles. The normalized spacial score (nSPS) is 13.8. The smallest absolute Gasteiger partial charge is 0.306 e. The molecule has 5 N–H and O–H groups in total. The molecular weight excluding hydrogens is 773 g/mol. The minimum absolute atomic E-state index is 0.0686. The first-order chi connectivity index (χ1) is 28.2. The molecule has 3 amide bonds. The van der Waals surface area contributed by atoms with Gasteiger partial charge in [-0.15, -0.1) is 16.2 Å². The van der Waals surface area contributed by atoms with Gasteiger partial charge in [0.25, 0.3) is 5.91 Å². The fraction of sp³-hybridized carbons (Fsp3) is 0.523. The van der Waals surface area contributed by atoms with E-state index in [4.69, 9.17) is 9.84 Å². The molecule has 1 fully saturated rings. The van der Waals surface area contributed by atoms with Crippen LogP contribution in [0.25, 0.3) is 0 Å². The number of nitroso groups, excluding NO2 is 1. The number of hydrogen-bond acceptors (Lipinski definition) is 11. The second-order valence-electron chi connectivity index (χ2n) is 14.7. The molecule has 0 spiro atoms. The molecule has 59 heavy (non-hydrogen) atoms. The molecule has 14 nitrogen and oxygen atoms in total. The largest absolute Gasteiger partial charge is 0.508 e. The number of carboxylic acid groups (broad SMARTS) is 1. The fourth-order valence-corrected chi connectivity index (χ4v) is 6.55. The summed E-state index contributed by atoms with van der Waals surface area (Å²) in [5, 5.41) is 31.6. The SMILES string of the molecule is C1CCNCC1.C=C(C)OC(CC(C(C)C)N(C)C(=O)CNC=O)c1nc(C(=O)NC(Cc2ccccc2)CC(C)C(=O)O)cs1.CCCC.O=Nc1ccc(O)cc1. The molecule has 4 unspecified atom stereocenters. The average Bonchev–Trinajstić information content (AvgIpc) is 3.73. The number of carbonyl (C=O) groups excluding carboxylic acids is 3. The molecular formula is C44H66N6O8S. The zero-order chi connectivity index (χ0) is 44.2. The van der Waals surface area contributed by atoms with Crippen LogP contribution in [0.4, 0.5) is 5.69 Å². The van der Waals surface area contributed by atoms with Gasteiger partial charge in [0.05, 0.1) is 18.2 Å². The Morgan fingerprint density at radius 3 is 2.12 bits per heavy atom. The number of nitrogens with zero attached hydrogens (tertiary/aromatic N) is 3. The van der Waals surface area contributed by atoms with E-state index in [-0.39, 0.29) is 42.3 Å². The van der Waals surface area contributed by atoms with Gasteiger partial charge in [-0.2, -0.15) is 0 Å². The molecule has 4 rings (SSSR count). The maximum atomic E-state index is 13.2. The van der Waals surface area contributed by atoms with Crippen molar-refractivity contribution in [1.29, 1.82) is 0 Å². The minimum atomic E-state index is -0.923. The first kappa shape index (κ1) is 51.9. The van der Waals surface area contributed by atoms with Gasteiger partial charge >= 0.3 is 5.97 Å². The minimum Gasteiger partial charge on any atom is -0.508 e. The predicted molar refractivity (Wildman–Crippen MR) is 235 cm³/mol. The van der Waals surface area contributed by atoms with Gasteiger partial charge in [-0.05, 0) is 86.6 Å². The lowest BCUT2D eigenvalue weighted by Crippen LogP contribution is -2.45. The number of allylic oxidation sites excluding steroid dienone is 1. The number of carbonyl (C=O) groups is 4. The van der Waals surface area contributed by atoms with Crippen LogP contribution in [0.5, 0.6) is 5.75 Å². The van der Waals surface area contributed by atoms with E-state index in [1.807, 2.05) is 44.2 Å². The van der Waals surface area contributed by atoms with E-state index in [0.29, 0.717) is 35.7 Å². The quantitative estimate of drug-likeness (QED) is 0.0446. The Morgan fingerprint density at radius 1 is 1.02 bits per heavy atom. The van der Waals surface area contributed by atoms with Gasteiger partial charge in [-0.25, -0.2) is 4.98 Å². The standard InChI is InChI=1S/C29H40N4O6S.C6H5NO2.C5H11N.C4H10/c1-18(2)24(33(6)26(35)15-30-17-34)14-25(39-19(3)4)28-32-23(16-40-28)27(36)31-22(12-20(5)29(37)38)13-21-10-8-7-9-11-21;8-6-3-1-5(7-9)2-4-6;1-2-4-6-5-3-1;1-3-4-2/h7-11,16-18,20,22,24-25H,3,12-15H2,1-2,4-6H3,(H,30,34)(H,31,36)(H,37,38);1-4,8H;6H,1-5H2;3-4H2,1-2H3. The van der Waals surface area contributed by atoms with E-state index in [9.17, 15) is 29.2 Å². The number of amides is 3. The number of thiazole rings is 1. The summed E-state index contributed by atoms with van der Waals surface area (Å²) in [6.07, 6.45) is 7.93. The van der Waals surface area contributed by atoms with Crippen molar-refractivity contribution in [2.45, 2.75) is 111 Å². The molecule has 0 bridgehead atoms. The monoisotopic (exact) mass is 838 g/mol. The van der Waals surface area contributed by atoms with Crippen molar-refractivity contribution in [3.8, 4) is 5.75 Å². The third-order valence-electron chi connectivity index (χ3n) is 9.21. The highest BCUT2D eigenvalue weighted by Gasteiger charge is 2.30. The molecule has 2 heterocycles. The van der Waals surface area contributed by atoms with Crippen LogP contribution in [0.3, 0.4) is 0 Å². The van der Waals surface area contributed by atoms with Crippen molar-refractivity contribution in [3.63, 3.8) is 0 Å². The topological polar surface area (TPSA) is 200 Å². The Kier molecular flexibility index (Phi) is 26.4. The lowest BCUT2D eigenvalue weighted by molar-refractivity contribution is -0.141. The number of rotatable bonds is 19. The van der Waals surface area contributed by atoms with Gasteiger partial charge < -0.3 is 35.8 Å². The summed E-state index contributed by atoms with van der Waals surface area (Å²) in [6, 6.07) is 14.7. The number of nitrogens with one attached hydrogen (secondary N) is 3. The number of benzene rings is 2. The number of phenols is 1. The fourth-order valence-electron chi connectivity index (χ4n) is 5.71. The second kappa shape index (κ2) is 30.0. The van der Waals surface area contributed by atoms with Crippen LogP contribution in [-0.4, -0.2) is 83.1 Å². The van der Waals surface area contributed by atoms with Crippen LogP contribution >= 0.6 is 11.3 Å². The third-order valence-corrected chi connectivity index (χ3v) is 10.1. The van der Waals surface area contributed by atoms with Crippen LogP contribution in [-0.2, 0) is 25.5 Å². The van der Waals surface area contributed by atoms with E-state index in [1.54, 1.807) is 31.2 Å². The van der Waals surface area contributed by atoms with Crippen LogP contribution < -0.4 is 16.0 Å². The molecule has 326 valence electrons. The zero-order valence-corrected chi connectivity index (χ0v) is 36.6. The third kappa shape index (κ3) is 22.0. The van der Waals surface area contributed by atoms with Gasteiger partial charge in [0.2, 0.25) is 12.3 Å². The van der Waals surface area contributed by atoms with Crippen LogP contribution in [0.1, 0.15) is 114 Å². The molecule has 1 saturated heterocycles. The Balaban J connectivity index is 0.000000739. The molecule has 3 aromatic rings. The van der Waals surface area contributed by atoms with Gasteiger partial charge in [0, 0.05) is 30.9 Å². The number of ether oxygens (including phenoxy) is 1. The summed E-state index contributed by atoms with van der Waals surface area (Å²) in [6.45, 7) is 17.9. The van der Waals surface area contributed by atoms with Gasteiger partial charge in [-0.3, -0.25) is 19.2 Å². The molecule has 15 heteroatoms. The lowest BCUT2D eigenvalue weighted by atomic mass is 9.96. The first-order valence-corrected chi connectivity index (χ1v) is 21.2. The van der Waals surface area contributed by atoms with Crippen molar-refractivity contribution in [1.82, 2.24) is 25.8 Å². The van der Waals surface area contributed by atoms with E-state index >= 15 is 0 Å². The zero-order valence-electron chi connectivity index (χ0n) is 35.8. The maximum absolute atomic E-state index is 13.2. The molecule has 0 radical (unpaired) electrons. The number of carboxylic acids is 1. The number of aromatic hydroxyl groups is 1. The molecule has 1 aliphatic rings. The van der Waals surface area contributed by atoms with Crippen molar-refractivity contribution in [3.05, 3.63) is 93.5 Å². The van der Waals surface area contributed by atoms with Crippen molar-refractivity contribution in [2.24, 2.45) is 17.0 Å². The Bertz CT molecular complexity index is 1650. The first-order valence-electron chi connectivity index (χ1n) is 20.3. The Hall–Kier alpha value is -5.15. The number of aromatic nitrogens is 1. The summed E-state index contributed by atoms with van der Waals surface area (Å²) >= 11 is 1.27. The predicted octanol–water partition coefficient (Wildman–Crippen LogP) is 8.16. The molecule has 1 aliphatic heterocycles. The second-order valence-corrected chi connectivity index (χ2v) is 15.6. The molecule has 1 aromatic heterocycles. The van der Waals surface area contributed by atoms with E-state index < -0.39 is 29.9 Å². The van der Waals surface area contributed by atoms with Crippen LogP contribution in [0.15, 0.2) is 77.5 Å². The number of aliphatic carboxylic acids is 1. The molecule has 0 aliphatic carbocycles. The number of likely N-dealkylation sites (N-methyl/N-ethyl adjacent to an activating group) is 1. The van der Waals surface area contributed by atoms with Crippen molar-refractivity contribution < 1.29 is 34.1 Å². The summed E-state index contributed by atoms with van der Waals surface area (Å²) in [7, 11) is 1.68. The van der Waals surface area contributed by atoms with Crippen LogP contribution in [0, 0.1) is 16.7 Å². The summed E-state index contributed by atoms with van der Waals surface area (Å²) in [5.74, 6) is -1.52. The van der Waals surface area contributed by atoms with Crippen molar-refractivity contribution in [2.75, 3.05) is 26.7 Å². The number of phenolic OH excluding ortho intramolecular Hbond substituents is 1. The highest BCUT2D eigenvalue weighted by Crippen LogP contribution is 2.31. The van der Waals surface area contributed by atoms with Crippen molar-refractivity contribution >= 4 is 41.2 Å². The lowest BCUT2D eigenvalue weighted by Gasteiger charge is -2.33. The van der Waals surface area contributed by atoms with E-state index in [2.05, 4.69) is 46.5 Å².